The first-order chi connectivity index (χ1) is 8.05. The van der Waals surface area contributed by atoms with Gasteiger partial charge in [0, 0.05) is 32.8 Å². The second-order valence-electron chi connectivity index (χ2n) is 4.39. The van der Waals surface area contributed by atoms with Gasteiger partial charge in [0.15, 0.2) is 0 Å². The minimum Gasteiger partial charge on any atom is -0.389 e. The Morgan fingerprint density at radius 1 is 1.59 bits per heavy atom. The molecule has 0 fully saturated rings. The number of aliphatic hydroxyl groups is 1. The lowest BCUT2D eigenvalue weighted by molar-refractivity contribution is 0.0582. The summed E-state index contributed by atoms with van der Waals surface area (Å²) in [7, 11) is 1.65. The molecule has 0 saturated heterocycles. The Bertz CT molecular complexity index is 342. The SMILES string of the molecule is COCCNCC(C)(O)Cc1cccnc1N. The van der Waals surface area contributed by atoms with Crippen LogP contribution in [0.2, 0.25) is 0 Å². The molecule has 0 aromatic carbocycles. The Labute approximate surface area is 102 Å². The maximum Gasteiger partial charge on any atom is 0.126 e. The fourth-order valence-corrected chi connectivity index (χ4v) is 1.60. The molecule has 1 heterocycles. The van der Waals surface area contributed by atoms with E-state index in [1.807, 2.05) is 12.1 Å². The predicted molar refractivity (Wildman–Crippen MR) is 67.7 cm³/mol. The number of ether oxygens (including phenoxy) is 1. The zero-order valence-electron chi connectivity index (χ0n) is 10.4. The molecule has 5 nitrogen and oxygen atoms in total. The molecule has 1 aromatic rings. The first-order valence-corrected chi connectivity index (χ1v) is 5.66. The molecule has 0 amide bonds. The van der Waals surface area contributed by atoms with Gasteiger partial charge in [-0.3, -0.25) is 0 Å². The number of aromatic nitrogens is 1. The van der Waals surface area contributed by atoms with Crippen LogP contribution in [-0.2, 0) is 11.2 Å². The van der Waals surface area contributed by atoms with Crippen molar-refractivity contribution in [1.29, 1.82) is 0 Å². The fourth-order valence-electron chi connectivity index (χ4n) is 1.60. The predicted octanol–water partition coefficient (Wildman–Crippen LogP) is 0.193. The summed E-state index contributed by atoms with van der Waals surface area (Å²) in [6, 6.07) is 3.70. The largest absolute Gasteiger partial charge is 0.389 e. The van der Waals surface area contributed by atoms with E-state index in [0.29, 0.717) is 25.4 Å². The summed E-state index contributed by atoms with van der Waals surface area (Å²) in [6.07, 6.45) is 2.12. The molecule has 0 radical (unpaired) electrons. The zero-order valence-corrected chi connectivity index (χ0v) is 10.4. The van der Waals surface area contributed by atoms with E-state index < -0.39 is 5.60 Å². The van der Waals surface area contributed by atoms with Crippen LogP contribution in [0.4, 0.5) is 5.82 Å². The number of nitrogens with two attached hydrogens (primary N) is 1. The van der Waals surface area contributed by atoms with Gasteiger partial charge in [0.2, 0.25) is 0 Å². The molecule has 0 aliphatic rings. The van der Waals surface area contributed by atoms with Crippen LogP contribution in [0.25, 0.3) is 0 Å². The van der Waals surface area contributed by atoms with Crippen molar-refractivity contribution in [1.82, 2.24) is 10.3 Å². The van der Waals surface area contributed by atoms with Crippen LogP contribution in [0.15, 0.2) is 18.3 Å². The normalized spacial score (nSPS) is 14.5. The molecule has 0 aliphatic carbocycles. The summed E-state index contributed by atoms with van der Waals surface area (Å²) < 4.78 is 4.92. The van der Waals surface area contributed by atoms with Crippen molar-refractivity contribution >= 4 is 5.82 Å². The molecule has 1 rings (SSSR count). The summed E-state index contributed by atoms with van der Waals surface area (Å²) in [4.78, 5) is 4.00. The second kappa shape index (κ2) is 6.54. The van der Waals surface area contributed by atoms with Crippen LogP contribution in [0.3, 0.4) is 0 Å². The van der Waals surface area contributed by atoms with Crippen molar-refractivity contribution in [3.8, 4) is 0 Å². The van der Waals surface area contributed by atoms with E-state index in [9.17, 15) is 5.11 Å². The summed E-state index contributed by atoms with van der Waals surface area (Å²) in [6.45, 7) is 3.62. The summed E-state index contributed by atoms with van der Waals surface area (Å²) in [5.41, 5.74) is 5.77. The first-order valence-electron chi connectivity index (χ1n) is 5.66. The molecule has 1 atom stereocenters. The van der Waals surface area contributed by atoms with Gasteiger partial charge in [-0.2, -0.15) is 0 Å². The van der Waals surface area contributed by atoms with Crippen LogP contribution in [-0.4, -0.2) is 42.5 Å². The van der Waals surface area contributed by atoms with Gasteiger partial charge in [-0.25, -0.2) is 4.98 Å². The quantitative estimate of drug-likeness (QED) is 0.592. The lowest BCUT2D eigenvalue weighted by Crippen LogP contribution is -2.41. The molecule has 4 N–H and O–H groups in total. The Kier molecular flexibility index (Phi) is 5.34. The van der Waals surface area contributed by atoms with E-state index in [0.717, 1.165) is 12.1 Å². The topological polar surface area (TPSA) is 80.4 Å². The van der Waals surface area contributed by atoms with Crippen molar-refractivity contribution < 1.29 is 9.84 Å². The minimum absolute atomic E-state index is 0.477. The van der Waals surface area contributed by atoms with Gasteiger partial charge < -0.3 is 20.9 Å². The Balaban J connectivity index is 2.46. The molecule has 1 unspecified atom stereocenters. The molecule has 0 bridgehead atoms. The molecular weight excluding hydrogens is 218 g/mol. The number of nitrogens with one attached hydrogen (secondary N) is 1. The number of rotatable bonds is 7. The zero-order chi connectivity index (χ0) is 12.7. The number of nitrogen functional groups attached to an aromatic ring is 1. The van der Waals surface area contributed by atoms with Crippen molar-refractivity contribution in [2.45, 2.75) is 18.9 Å². The average Bonchev–Trinajstić information content (AvgIpc) is 2.28. The van der Waals surface area contributed by atoms with Gasteiger partial charge >= 0.3 is 0 Å². The third kappa shape index (κ3) is 5.12. The van der Waals surface area contributed by atoms with Gasteiger partial charge in [0.1, 0.15) is 5.82 Å². The third-order valence-corrected chi connectivity index (χ3v) is 2.49. The van der Waals surface area contributed by atoms with Crippen molar-refractivity contribution in [2.24, 2.45) is 0 Å². The Hall–Kier alpha value is -1.17. The Morgan fingerprint density at radius 2 is 2.35 bits per heavy atom. The highest BCUT2D eigenvalue weighted by molar-refractivity contribution is 5.39. The molecule has 0 spiro atoms. The van der Waals surface area contributed by atoms with Crippen LogP contribution in [0.5, 0.6) is 0 Å². The van der Waals surface area contributed by atoms with E-state index in [2.05, 4.69) is 10.3 Å². The Morgan fingerprint density at radius 3 is 3.00 bits per heavy atom. The lowest BCUT2D eigenvalue weighted by atomic mass is 9.97. The van der Waals surface area contributed by atoms with Crippen LogP contribution in [0.1, 0.15) is 12.5 Å². The molecule has 0 aliphatic heterocycles. The number of hydrogen-bond donors (Lipinski definition) is 3. The van der Waals surface area contributed by atoms with E-state index in [1.165, 1.54) is 0 Å². The maximum atomic E-state index is 10.2. The number of nitrogens with zero attached hydrogens (tertiary/aromatic N) is 1. The second-order valence-corrected chi connectivity index (χ2v) is 4.39. The molecular formula is C12H21N3O2. The molecule has 96 valence electrons. The van der Waals surface area contributed by atoms with Crippen LogP contribution >= 0.6 is 0 Å². The highest BCUT2D eigenvalue weighted by Crippen LogP contribution is 2.16. The van der Waals surface area contributed by atoms with Gasteiger partial charge in [0.25, 0.3) is 0 Å². The molecule has 0 saturated carbocycles. The first kappa shape index (κ1) is 13.9. The number of methoxy groups -OCH3 is 1. The average molecular weight is 239 g/mol. The van der Waals surface area contributed by atoms with Gasteiger partial charge in [-0.15, -0.1) is 0 Å². The summed E-state index contributed by atoms with van der Waals surface area (Å²) >= 11 is 0. The lowest BCUT2D eigenvalue weighted by Gasteiger charge is -2.24. The van der Waals surface area contributed by atoms with E-state index in [1.54, 1.807) is 20.2 Å². The van der Waals surface area contributed by atoms with E-state index in [-0.39, 0.29) is 0 Å². The third-order valence-electron chi connectivity index (χ3n) is 2.49. The fraction of sp³-hybridized carbons (Fsp3) is 0.583. The molecule has 1 aromatic heterocycles. The highest BCUT2D eigenvalue weighted by atomic mass is 16.5. The van der Waals surface area contributed by atoms with Crippen LogP contribution in [0, 0.1) is 0 Å². The van der Waals surface area contributed by atoms with Crippen molar-refractivity contribution in [3.05, 3.63) is 23.9 Å². The smallest absolute Gasteiger partial charge is 0.126 e. The monoisotopic (exact) mass is 239 g/mol. The van der Waals surface area contributed by atoms with E-state index in [4.69, 9.17) is 10.5 Å². The number of hydrogen-bond acceptors (Lipinski definition) is 5. The minimum atomic E-state index is -0.842. The van der Waals surface area contributed by atoms with Crippen molar-refractivity contribution in [3.63, 3.8) is 0 Å². The summed E-state index contributed by atoms with van der Waals surface area (Å²) in [5.74, 6) is 0.477. The van der Waals surface area contributed by atoms with Gasteiger partial charge in [-0.05, 0) is 18.6 Å². The number of pyridine rings is 1. The van der Waals surface area contributed by atoms with Crippen LogP contribution < -0.4 is 11.1 Å². The molecule has 5 heteroatoms. The maximum absolute atomic E-state index is 10.2. The van der Waals surface area contributed by atoms with Crippen molar-refractivity contribution in [2.75, 3.05) is 32.5 Å². The number of anilines is 1. The summed E-state index contributed by atoms with van der Waals surface area (Å²) in [5, 5.41) is 13.3. The molecule has 17 heavy (non-hydrogen) atoms. The highest BCUT2D eigenvalue weighted by Gasteiger charge is 2.21. The van der Waals surface area contributed by atoms with Gasteiger partial charge in [0.05, 0.1) is 12.2 Å². The standard InChI is InChI=1S/C12H21N3O2/c1-12(16,9-14-6-7-17-2)8-10-4-3-5-15-11(10)13/h3-5,14,16H,6-9H2,1-2H3,(H2,13,15). The van der Waals surface area contributed by atoms with Gasteiger partial charge in [-0.1, -0.05) is 6.07 Å². The van der Waals surface area contributed by atoms with E-state index >= 15 is 0 Å².